The Morgan fingerprint density at radius 2 is 2.20 bits per heavy atom. The molecule has 2 aliphatic rings. The summed E-state index contributed by atoms with van der Waals surface area (Å²) >= 11 is 0. The molecule has 0 bridgehead atoms. The summed E-state index contributed by atoms with van der Waals surface area (Å²) in [6.07, 6.45) is 3.79. The average molecular weight is 339 g/mol. The lowest BCUT2D eigenvalue weighted by molar-refractivity contribution is 0.374. The molecular weight excluding hydrogens is 325 g/mol. The normalized spacial score (nSPS) is 18.3. The molecule has 1 unspecified atom stereocenters. The number of halogens is 1. The molecule has 0 fully saturated rings. The molecule has 3 N–H and O–H groups in total. The number of aryl methyl sites for hydroxylation is 2. The lowest BCUT2D eigenvalue weighted by Crippen LogP contribution is -2.14. The van der Waals surface area contributed by atoms with Crippen molar-refractivity contribution in [1.29, 1.82) is 0 Å². The van der Waals surface area contributed by atoms with Crippen molar-refractivity contribution in [3.63, 3.8) is 0 Å². The quantitative estimate of drug-likeness (QED) is 0.705. The molecule has 3 heterocycles. The Bertz CT molecular complexity index is 1040. The Hall–Kier alpha value is -3.16. The van der Waals surface area contributed by atoms with Gasteiger partial charge in [-0.15, -0.1) is 5.10 Å². The molecule has 1 aromatic carbocycles. The van der Waals surface area contributed by atoms with Crippen LogP contribution in [0.1, 0.15) is 40.7 Å². The Morgan fingerprint density at radius 1 is 1.32 bits per heavy atom. The summed E-state index contributed by atoms with van der Waals surface area (Å²) in [5, 5.41) is 18.0. The van der Waals surface area contributed by atoms with Crippen LogP contribution in [-0.2, 0) is 12.8 Å². The smallest absolute Gasteiger partial charge is 0.240 e. The maximum absolute atomic E-state index is 14.4. The fourth-order valence-electron chi connectivity index (χ4n) is 3.67. The fraction of sp³-hybridized carbons (Fsp3) is 0.235. The van der Waals surface area contributed by atoms with E-state index in [2.05, 4.69) is 15.2 Å². The van der Waals surface area contributed by atoms with Crippen LogP contribution in [0.2, 0.25) is 0 Å². The Balaban J connectivity index is 1.68. The molecule has 0 amide bonds. The second-order valence-electron chi connectivity index (χ2n) is 6.25. The van der Waals surface area contributed by atoms with Crippen LogP contribution >= 0.6 is 0 Å². The van der Waals surface area contributed by atoms with Gasteiger partial charge in [0.25, 0.3) is 0 Å². The van der Waals surface area contributed by atoms with E-state index < -0.39 is 5.82 Å². The van der Waals surface area contributed by atoms with Crippen molar-refractivity contribution in [1.82, 2.24) is 19.9 Å². The van der Waals surface area contributed by atoms with E-state index in [4.69, 9.17) is 10.3 Å². The predicted molar refractivity (Wildman–Crippen MR) is 86.2 cm³/mol. The second-order valence-corrected chi connectivity index (χ2v) is 6.25. The van der Waals surface area contributed by atoms with Gasteiger partial charge in [-0.3, -0.25) is 0 Å². The van der Waals surface area contributed by atoms with Crippen LogP contribution in [0.25, 0.3) is 5.70 Å². The largest absolute Gasteiger partial charge is 0.508 e. The van der Waals surface area contributed by atoms with E-state index in [1.54, 1.807) is 10.7 Å². The first-order chi connectivity index (χ1) is 12.1. The number of hydrogen-bond acceptors (Lipinski definition) is 6. The second kappa shape index (κ2) is 4.92. The lowest BCUT2D eigenvalue weighted by Gasteiger charge is -2.21. The number of nitrogens with zero attached hydrogens (tertiary/aromatic N) is 4. The Labute approximate surface area is 141 Å². The molecule has 0 spiro atoms. The number of phenols is 1. The number of fused-ring (bicyclic) bond motifs is 2. The third-order valence-corrected chi connectivity index (χ3v) is 4.78. The molecule has 126 valence electrons. The van der Waals surface area contributed by atoms with Crippen LogP contribution < -0.4 is 5.73 Å². The van der Waals surface area contributed by atoms with Crippen molar-refractivity contribution < 1.29 is 14.0 Å². The van der Waals surface area contributed by atoms with E-state index in [9.17, 15) is 9.50 Å². The van der Waals surface area contributed by atoms with Gasteiger partial charge in [-0.2, -0.15) is 4.98 Å². The number of nitrogen functional groups attached to an aromatic ring is 1. The highest BCUT2D eigenvalue weighted by Gasteiger charge is 2.35. The van der Waals surface area contributed by atoms with E-state index in [-0.39, 0.29) is 17.6 Å². The number of anilines is 1. The molecule has 0 saturated carbocycles. The van der Waals surface area contributed by atoms with Crippen molar-refractivity contribution in [2.24, 2.45) is 0 Å². The highest BCUT2D eigenvalue weighted by atomic mass is 19.1. The number of allylic oxidation sites excluding steroid dienone is 1. The maximum Gasteiger partial charge on any atom is 0.240 e. The number of rotatable bonds is 1. The minimum absolute atomic E-state index is 0.102. The molecule has 2 aromatic heterocycles. The lowest BCUT2D eigenvalue weighted by atomic mass is 9.84. The van der Waals surface area contributed by atoms with Crippen molar-refractivity contribution in [2.45, 2.75) is 25.2 Å². The van der Waals surface area contributed by atoms with Gasteiger partial charge in [0, 0.05) is 24.8 Å². The summed E-state index contributed by atoms with van der Waals surface area (Å²) in [7, 11) is 0. The van der Waals surface area contributed by atoms with Crippen LogP contribution in [0.3, 0.4) is 0 Å². The Kier molecular flexibility index (Phi) is 2.79. The van der Waals surface area contributed by atoms with Crippen LogP contribution in [0.15, 0.2) is 28.8 Å². The van der Waals surface area contributed by atoms with E-state index in [1.807, 2.05) is 6.08 Å². The summed E-state index contributed by atoms with van der Waals surface area (Å²) in [6.45, 7) is 0. The first kappa shape index (κ1) is 14.2. The highest BCUT2D eigenvalue weighted by Crippen LogP contribution is 2.42. The van der Waals surface area contributed by atoms with Gasteiger partial charge in [-0.05, 0) is 18.1 Å². The standard InChI is InChI=1S/C17H14FN5O2/c18-11-7-8(24)1-2-9(11)10-3-4-12-15-13(25-22-16(10)15)5-6-14-20-17(19)21-23(12)14/h1-2,4,7,10,24H,3,5-6H2,(H2,19,21). The number of hydrogen-bond donors (Lipinski definition) is 2. The van der Waals surface area contributed by atoms with Gasteiger partial charge in [0.05, 0.1) is 11.3 Å². The molecule has 7 nitrogen and oxygen atoms in total. The zero-order valence-electron chi connectivity index (χ0n) is 13.1. The third-order valence-electron chi connectivity index (χ3n) is 4.78. The summed E-state index contributed by atoms with van der Waals surface area (Å²) in [4.78, 5) is 4.27. The zero-order chi connectivity index (χ0) is 17.1. The van der Waals surface area contributed by atoms with E-state index in [0.717, 1.165) is 28.9 Å². The molecule has 5 rings (SSSR count). The third kappa shape index (κ3) is 2.00. The SMILES string of the molecule is Nc1nc2n(n1)C1=CCC(c3ccc(O)cc3F)c3noc(c31)CC2. The topological polar surface area (TPSA) is 103 Å². The highest BCUT2D eigenvalue weighted by molar-refractivity contribution is 5.73. The zero-order valence-corrected chi connectivity index (χ0v) is 13.1. The van der Waals surface area contributed by atoms with Crippen LogP contribution in [0.4, 0.5) is 10.3 Å². The summed E-state index contributed by atoms with van der Waals surface area (Å²) in [5.74, 6) is 0.905. The van der Waals surface area contributed by atoms with Gasteiger partial charge in [-0.25, -0.2) is 9.07 Å². The van der Waals surface area contributed by atoms with E-state index >= 15 is 0 Å². The maximum atomic E-state index is 14.4. The van der Waals surface area contributed by atoms with Gasteiger partial charge in [-0.1, -0.05) is 17.3 Å². The average Bonchev–Trinajstić information content (AvgIpc) is 3.13. The van der Waals surface area contributed by atoms with E-state index in [1.165, 1.54) is 6.07 Å². The molecule has 8 heteroatoms. The van der Waals surface area contributed by atoms with Crippen LogP contribution in [0.5, 0.6) is 5.75 Å². The van der Waals surface area contributed by atoms with Crippen molar-refractivity contribution in [3.05, 3.63) is 58.5 Å². The minimum Gasteiger partial charge on any atom is -0.508 e. The molecule has 1 atom stereocenters. The molecule has 1 aliphatic carbocycles. The van der Waals surface area contributed by atoms with Gasteiger partial charge in [0.1, 0.15) is 28.8 Å². The number of benzene rings is 1. The van der Waals surface area contributed by atoms with Gasteiger partial charge >= 0.3 is 0 Å². The first-order valence-corrected chi connectivity index (χ1v) is 8.01. The monoisotopic (exact) mass is 339 g/mol. The molecule has 0 saturated heterocycles. The molecule has 3 aromatic rings. The van der Waals surface area contributed by atoms with Crippen molar-refractivity contribution in [3.8, 4) is 5.75 Å². The molecule has 25 heavy (non-hydrogen) atoms. The molecule has 0 radical (unpaired) electrons. The number of aromatic nitrogens is 4. The van der Waals surface area contributed by atoms with Gasteiger partial charge in [0.15, 0.2) is 0 Å². The summed E-state index contributed by atoms with van der Waals surface area (Å²) in [5.41, 5.74) is 8.58. The fourth-order valence-corrected chi connectivity index (χ4v) is 3.67. The summed E-state index contributed by atoms with van der Waals surface area (Å²) < 4.78 is 21.6. The van der Waals surface area contributed by atoms with Crippen LogP contribution in [0, 0.1) is 5.82 Å². The number of aromatic hydroxyl groups is 1. The van der Waals surface area contributed by atoms with Gasteiger partial charge < -0.3 is 15.4 Å². The minimum atomic E-state index is -0.460. The van der Waals surface area contributed by atoms with Gasteiger partial charge in [0.2, 0.25) is 5.95 Å². The number of phenolic OH excluding ortho intramolecular Hbond substituents is 1. The Morgan fingerprint density at radius 3 is 3.04 bits per heavy atom. The van der Waals surface area contributed by atoms with E-state index in [0.29, 0.717) is 30.5 Å². The predicted octanol–water partition coefficient (Wildman–Crippen LogP) is 2.22. The van der Waals surface area contributed by atoms with Crippen molar-refractivity contribution in [2.75, 3.05) is 5.73 Å². The molecule has 1 aliphatic heterocycles. The molecular formula is C17H14FN5O2. The first-order valence-electron chi connectivity index (χ1n) is 8.01. The summed E-state index contributed by atoms with van der Waals surface area (Å²) in [6, 6.07) is 4.18. The van der Waals surface area contributed by atoms with Crippen molar-refractivity contribution >= 4 is 11.6 Å². The van der Waals surface area contributed by atoms with Crippen LogP contribution in [-0.4, -0.2) is 25.0 Å². The number of nitrogens with two attached hydrogens (primary N) is 1.